The third-order valence-electron chi connectivity index (χ3n) is 5.01. The maximum absolute atomic E-state index is 13.7. The number of hydrogen-bond donors (Lipinski definition) is 2. The van der Waals surface area contributed by atoms with Crippen LogP contribution in [-0.2, 0) is 11.2 Å². The second-order valence-electron chi connectivity index (χ2n) is 7.74. The molecule has 0 spiro atoms. The first-order valence-corrected chi connectivity index (χ1v) is 11.8. The van der Waals surface area contributed by atoms with Gasteiger partial charge in [-0.3, -0.25) is 9.52 Å². The predicted octanol–water partition coefficient (Wildman–Crippen LogP) is 4.35. The van der Waals surface area contributed by atoms with E-state index in [9.17, 15) is 18.4 Å². The molecule has 3 aromatic rings. The van der Waals surface area contributed by atoms with Gasteiger partial charge in [-0.15, -0.1) is 11.3 Å². The molecular formula is C22H25F2N5O2S2. The number of carbonyl (C=O) groups excluding carboxylic acids is 2. The van der Waals surface area contributed by atoms with Crippen LogP contribution in [0.2, 0.25) is 0 Å². The van der Waals surface area contributed by atoms with Crippen molar-refractivity contribution in [1.29, 1.82) is 0 Å². The Kier molecular flexibility index (Phi) is 8.22. The summed E-state index contributed by atoms with van der Waals surface area (Å²) in [6.07, 6.45) is -0.0884. The van der Waals surface area contributed by atoms with Crippen LogP contribution in [0.4, 0.5) is 19.3 Å². The summed E-state index contributed by atoms with van der Waals surface area (Å²) in [5.41, 5.74) is 3.31. The summed E-state index contributed by atoms with van der Waals surface area (Å²) >= 11 is 2.57. The van der Waals surface area contributed by atoms with E-state index in [1.54, 1.807) is 24.7 Å². The maximum atomic E-state index is 13.7. The number of aromatic nitrogens is 1. The van der Waals surface area contributed by atoms with Gasteiger partial charge in [-0.1, -0.05) is 0 Å². The van der Waals surface area contributed by atoms with E-state index in [-0.39, 0.29) is 18.0 Å². The van der Waals surface area contributed by atoms with Gasteiger partial charge in [0.05, 0.1) is 15.7 Å². The fourth-order valence-corrected chi connectivity index (χ4v) is 4.14. The largest absolute Gasteiger partial charge is 0.326 e. The first kappa shape index (κ1) is 24.9. The molecule has 3 rings (SSSR count). The number of hydrogen-bond acceptors (Lipinski definition) is 6. The zero-order valence-electron chi connectivity index (χ0n) is 18.6. The maximum Gasteiger partial charge on any atom is 0.326 e. The fraction of sp³-hybridized carbons (Fsp3) is 0.318. The molecule has 1 atom stereocenters. The molecule has 0 aliphatic rings. The van der Waals surface area contributed by atoms with Crippen molar-refractivity contribution in [3.63, 3.8) is 0 Å². The van der Waals surface area contributed by atoms with Crippen molar-refractivity contribution in [2.45, 2.75) is 32.4 Å². The third-order valence-corrected chi connectivity index (χ3v) is 6.80. The van der Waals surface area contributed by atoms with Crippen LogP contribution in [0.15, 0.2) is 41.9 Å². The number of carbonyl (C=O) groups is 2. The molecule has 11 heteroatoms. The van der Waals surface area contributed by atoms with E-state index in [2.05, 4.69) is 15.0 Å². The lowest BCUT2D eigenvalue weighted by Crippen LogP contribution is -2.51. The average molecular weight is 494 g/mol. The Balaban J connectivity index is 1.80. The normalized spacial score (nSPS) is 12.2. The molecule has 0 radical (unpaired) electrons. The Bertz CT molecular complexity index is 1120. The van der Waals surface area contributed by atoms with Crippen molar-refractivity contribution in [1.82, 2.24) is 19.3 Å². The molecule has 3 amide bonds. The van der Waals surface area contributed by atoms with Gasteiger partial charge in [-0.2, -0.15) is 0 Å². The number of nitrogens with one attached hydrogen (secondary N) is 2. The van der Waals surface area contributed by atoms with Crippen molar-refractivity contribution >= 4 is 51.3 Å². The van der Waals surface area contributed by atoms with Gasteiger partial charge >= 0.3 is 6.03 Å². The highest BCUT2D eigenvalue weighted by Crippen LogP contribution is 2.24. The molecule has 0 saturated carbocycles. The van der Waals surface area contributed by atoms with Crippen LogP contribution in [0.1, 0.15) is 19.4 Å². The molecule has 0 fully saturated rings. The molecule has 1 aromatic heterocycles. The van der Waals surface area contributed by atoms with Crippen LogP contribution in [-0.4, -0.2) is 47.4 Å². The van der Waals surface area contributed by atoms with Gasteiger partial charge in [0.1, 0.15) is 17.7 Å². The van der Waals surface area contributed by atoms with Crippen LogP contribution >= 0.6 is 23.5 Å². The number of likely N-dealkylation sites (N-methyl/N-ethyl adjacent to an activating group) is 1. The summed E-state index contributed by atoms with van der Waals surface area (Å²) in [5.74, 6) is -1.94. The lowest BCUT2D eigenvalue weighted by molar-refractivity contribution is -0.120. The molecule has 0 aliphatic heterocycles. The Morgan fingerprint density at radius 1 is 1.12 bits per heavy atom. The molecular weight excluding hydrogens is 468 g/mol. The zero-order chi connectivity index (χ0) is 24.1. The van der Waals surface area contributed by atoms with Crippen molar-refractivity contribution in [2.24, 2.45) is 0 Å². The number of anilines is 1. The summed E-state index contributed by atoms with van der Waals surface area (Å²) < 4.78 is 32.9. The Morgan fingerprint density at radius 3 is 2.48 bits per heavy atom. The van der Waals surface area contributed by atoms with E-state index in [1.807, 2.05) is 31.3 Å². The van der Waals surface area contributed by atoms with Gasteiger partial charge in [0, 0.05) is 43.4 Å². The SMILES string of the molecule is CC(C)N(C)SNC(=O)NC(Cc1cc(F)cc(F)c1)C(=O)N(C)c1ccc2scnc2c1. The van der Waals surface area contributed by atoms with Crippen LogP contribution in [0.5, 0.6) is 0 Å². The number of urea groups is 1. The highest BCUT2D eigenvalue weighted by atomic mass is 32.2. The molecule has 2 aromatic carbocycles. The summed E-state index contributed by atoms with van der Waals surface area (Å²) in [5, 5.41) is 2.63. The van der Waals surface area contributed by atoms with Crippen molar-refractivity contribution < 1.29 is 18.4 Å². The number of rotatable bonds is 8. The number of benzene rings is 2. The van der Waals surface area contributed by atoms with Crippen LogP contribution < -0.4 is 14.9 Å². The Labute approximate surface area is 199 Å². The van der Waals surface area contributed by atoms with E-state index in [0.29, 0.717) is 5.69 Å². The fourth-order valence-electron chi connectivity index (χ4n) is 2.99. The lowest BCUT2D eigenvalue weighted by Gasteiger charge is -2.26. The number of thiazole rings is 1. The highest BCUT2D eigenvalue weighted by molar-refractivity contribution is 7.95. The van der Waals surface area contributed by atoms with Gasteiger partial charge in [0.15, 0.2) is 0 Å². The molecule has 0 aliphatic carbocycles. The van der Waals surface area contributed by atoms with Crippen molar-refractivity contribution in [3.8, 4) is 0 Å². The summed E-state index contributed by atoms with van der Waals surface area (Å²) in [4.78, 5) is 31.5. The van der Waals surface area contributed by atoms with Gasteiger partial charge < -0.3 is 10.2 Å². The third kappa shape index (κ3) is 6.62. The van der Waals surface area contributed by atoms with Gasteiger partial charge in [-0.05, 0) is 56.8 Å². The van der Waals surface area contributed by atoms with Gasteiger partial charge in [0.25, 0.3) is 0 Å². The molecule has 1 unspecified atom stereocenters. The number of amides is 3. The minimum atomic E-state index is -1.06. The Morgan fingerprint density at radius 2 is 1.82 bits per heavy atom. The first-order valence-electron chi connectivity index (χ1n) is 10.2. The van der Waals surface area contributed by atoms with Gasteiger partial charge in [0.2, 0.25) is 5.91 Å². The first-order chi connectivity index (χ1) is 15.6. The quantitative estimate of drug-likeness (QED) is 0.456. The van der Waals surface area contributed by atoms with Crippen LogP contribution in [0, 0.1) is 11.6 Å². The monoisotopic (exact) mass is 493 g/mol. The molecule has 176 valence electrons. The summed E-state index contributed by atoms with van der Waals surface area (Å²) in [6, 6.07) is 6.99. The van der Waals surface area contributed by atoms with E-state index in [0.717, 1.165) is 40.5 Å². The highest BCUT2D eigenvalue weighted by Gasteiger charge is 2.26. The number of nitrogens with zero attached hydrogens (tertiary/aromatic N) is 3. The minimum absolute atomic E-state index is 0.0884. The van der Waals surface area contributed by atoms with E-state index >= 15 is 0 Å². The van der Waals surface area contributed by atoms with Crippen molar-refractivity contribution in [3.05, 3.63) is 59.1 Å². The summed E-state index contributed by atoms with van der Waals surface area (Å²) in [7, 11) is 3.39. The molecule has 1 heterocycles. The molecule has 2 N–H and O–H groups in total. The minimum Gasteiger partial charge on any atom is -0.325 e. The van der Waals surface area contributed by atoms with E-state index in [1.165, 1.54) is 16.2 Å². The average Bonchev–Trinajstić information content (AvgIpc) is 3.23. The van der Waals surface area contributed by atoms with Crippen LogP contribution in [0.25, 0.3) is 10.2 Å². The predicted molar refractivity (Wildman–Crippen MR) is 129 cm³/mol. The van der Waals surface area contributed by atoms with Gasteiger partial charge in [-0.25, -0.2) is 22.9 Å². The molecule has 0 saturated heterocycles. The van der Waals surface area contributed by atoms with Crippen LogP contribution in [0.3, 0.4) is 0 Å². The molecule has 7 nitrogen and oxygen atoms in total. The molecule has 0 bridgehead atoms. The zero-order valence-corrected chi connectivity index (χ0v) is 20.3. The van der Waals surface area contributed by atoms with E-state index in [4.69, 9.17) is 0 Å². The number of fused-ring (bicyclic) bond motifs is 1. The number of halogens is 2. The Hall–Kier alpha value is -2.76. The standard InChI is InChI=1S/C22H25F2N5O2S2/c1-13(2)29(4)33-27-22(31)26-19(9-14-7-15(23)10-16(24)8-14)21(30)28(3)17-5-6-20-18(11-17)25-12-32-20/h5-8,10-13,19H,9H2,1-4H3,(H2,26,27,31). The smallest absolute Gasteiger partial charge is 0.325 e. The lowest BCUT2D eigenvalue weighted by atomic mass is 10.0. The second-order valence-corrected chi connectivity index (χ2v) is 9.59. The topological polar surface area (TPSA) is 77.6 Å². The molecule has 33 heavy (non-hydrogen) atoms. The van der Waals surface area contributed by atoms with Crippen molar-refractivity contribution in [2.75, 3.05) is 19.0 Å². The van der Waals surface area contributed by atoms with E-state index < -0.39 is 29.6 Å². The summed E-state index contributed by atoms with van der Waals surface area (Å²) in [6.45, 7) is 3.93. The second kappa shape index (κ2) is 10.9.